The Hall–Kier alpha value is -0.870. The average Bonchev–Trinajstić information content (AvgIpc) is 2.66. The highest BCUT2D eigenvalue weighted by Crippen LogP contribution is 2.58. The van der Waals surface area contributed by atoms with Gasteiger partial charge in [-0.1, -0.05) is 19.9 Å². The zero-order chi connectivity index (χ0) is 14.0. The Morgan fingerprint density at radius 3 is 2.84 bits per heavy atom. The molecule has 106 valence electrons. The Balaban J connectivity index is 2.11. The first-order valence-corrected chi connectivity index (χ1v) is 7.10. The molecular formula is C15H22O4. The van der Waals surface area contributed by atoms with E-state index >= 15 is 0 Å². The second kappa shape index (κ2) is 3.83. The van der Waals surface area contributed by atoms with Crippen LogP contribution in [0.1, 0.15) is 40.0 Å². The maximum absolute atomic E-state index is 11.8. The summed E-state index contributed by atoms with van der Waals surface area (Å²) in [6, 6.07) is 0. The molecule has 19 heavy (non-hydrogen) atoms. The average molecular weight is 266 g/mol. The SMILES string of the molecule is CC1=CCC(O)C2(C)CCC3C(C)C(=O)OC3C12O. The monoisotopic (exact) mass is 266 g/mol. The summed E-state index contributed by atoms with van der Waals surface area (Å²) in [5, 5.41) is 21.6. The predicted molar refractivity (Wildman–Crippen MR) is 69.2 cm³/mol. The standard InChI is InChI=1S/C15H22O4/c1-8-4-5-11(16)14(3)7-6-10-9(2)13(17)19-12(10)15(8,14)18/h4,9-12,16,18H,5-7H2,1-3H3. The molecule has 1 heterocycles. The summed E-state index contributed by atoms with van der Waals surface area (Å²) in [5.41, 5.74) is -1.03. The van der Waals surface area contributed by atoms with E-state index in [1.54, 1.807) is 0 Å². The molecule has 4 nitrogen and oxygen atoms in total. The first-order valence-electron chi connectivity index (χ1n) is 7.10. The smallest absolute Gasteiger partial charge is 0.309 e. The third-order valence-corrected chi connectivity index (χ3v) is 5.91. The molecule has 1 saturated carbocycles. The Labute approximate surface area is 113 Å². The van der Waals surface area contributed by atoms with Gasteiger partial charge in [0.05, 0.1) is 12.0 Å². The van der Waals surface area contributed by atoms with E-state index in [0.29, 0.717) is 6.42 Å². The van der Waals surface area contributed by atoms with Crippen molar-refractivity contribution in [3.63, 3.8) is 0 Å². The van der Waals surface area contributed by atoms with Crippen LogP contribution < -0.4 is 0 Å². The van der Waals surface area contributed by atoms with Crippen LogP contribution in [-0.4, -0.2) is 34.0 Å². The van der Waals surface area contributed by atoms with Gasteiger partial charge >= 0.3 is 5.97 Å². The highest BCUT2D eigenvalue weighted by molar-refractivity contribution is 5.75. The van der Waals surface area contributed by atoms with Crippen LogP contribution in [0, 0.1) is 17.3 Å². The molecule has 0 radical (unpaired) electrons. The molecule has 3 rings (SSSR count). The van der Waals surface area contributed by atoms with Crippen molar-refractivity contribution in [3.05, 3.63) is 11.6 Å². The fourth-order valence-electron chi connectivity index (χ4n) is 4.33. The van der Waals surface area contributed by atoms with Crippen LogP contribution in [0.3, 0.4) is 0 Å². The fraction of sp³-hybridized carbons (Fsp3) is 0.800. The lowest BCUT2D eigenvalue weighted by Crippen LogP contribution is -2.66. The summed E-state index contributed by atoms with van der Waals surface area (Å²) in [7, 11) is 0. The van der Waals surface area contributed by atoms with E-state index in [1.807, 2.05) is 26.8 Å². The van der Waals surface area contributed by atoms with Crippen molar-refractivity contribution in [2.45, 2.75) is 57.8 Å². The van der Waals surface area contributed by atoms with Gasteiger partial charge in [-0.15, -0.1) is 0 Å². The number of rotatable bonds is 0. The van der Waals surface area contributed by atoms with Crippen LogP contribution in [0.25, 0.3) is 0 Å². The second-order valence-electron chi connectivity index (χ2n) is 6.67. The van der Waals surface area contributed by atoms with E-state index in [-0.39, 0.29) is 17.8 Å². The number of fused-ring (bicyclic) bond motifs is 3. The minimum absolute atomic E-state index is 0.0548. The Morgan fingerprint density at radius 1 is 1.47 bits per heavy atom. The third-order valence-electron chi connectivity index (χ3n) is 5.91. The number of aliphatic hydroxyl groups is 2. The summed E-state index contributed by atoms with van der Waals surface area (Å²) in [5.74, 6) is -0.329. The Kier molecular flexibility index (Phi) is 2.64. The lowest BCUT2D eigenvalue weighted by atomic mass is 9.52. The van der Waals surface area contributed by atoms with Crippen LogP contribution in [0.2, 0.25) is 0 Å². The van der Waals surface area contributed by atoms with Crippen molar-refractivity contribution in [1.29, 1.82) is 0 Å². The van der Waals surface area contributed by atoms with Gasteiger partial charge in [-0.2, -0.15) is 0 Å². The van der Waals surface area contributed by atoms with Gasteiger partial charge in [0.15, 0.2) is 0 Å². The van der Waals surface area contributed by atoms with E-state index < -0.39 is 23.2 Å². The number of hydrogen-bond acceptors (Lipinski definition) is 4. The molecule has 0 aromatic rings. The van der Waals surface area contributed by atoms with Crippen LogP contribution in [0.15, 0.2) is 11.6 Å². The number of carbonyl (C=O) groups is 1. The van der Waals surface area contributed by atoms with Crippen molar-refractivity contribution in [2.75, 3.05) is 0 Å². The summed E-state index contributed by atoms with van der Waals surface area (Å²) in [4.78, 5) is 11.8. The molecule has 1 aliphatic heterocycles. The number of carbonyl (C=O) groups excluding carboxylic acids is 1. The first kappa shape index (κ1) is 13.1. The molecular weight excluding hydrogens is 244 g/mol. The molecule has 1 saturated heterocycles. The molecule has 3 aliphatic rings. The molecule has 0 amide bonds. The number of esters is 1. The zero-order valence-corrected chi connectivity index (χ0v) is 11.7. The quantitative estimate of drug-likeness (QED) is 0.514. The highest BCUT2D eigenvalue weighted by Gasteiger charge is 2.66. The van der Waals surface area contributed by atoms with Gasteiger partial charge in [-0.05, 0) is 31.8 Å². The van der Waals surface area contributed by atoms with E-state index in [9.17, 15) is 15.0 Å². The molecule has 0 aromatic heterocycles. The zero-order valence-electron chi connectivity index (χ0n) is 11.7. The second-order valence-corrected chi connectivity index (χ2v) is 6.67. The molecule has 2 fully saturated rings. The van der Waals surface area contributed by atoms with Crippen LogP contribution in [0.5, 0.6) is 0 Å². The Bertz CT molecular complexity index is 457. The first-order chi connectivity index (χ1) is 8.82. The molecule has 0 aromatic carbocycles. The summed E-state index contributed by atoms with van der Waals surface area (Å²) in [6.45, 7) is 5.67. The van der Waals surface area contributed by atoms with Gasteiger partial charge in [-0.25, -0.2) is 0 Å². The number of hydrogen-bond donors (Lipinski definition) is 2. The summed E-state index contributed by atoms with van der Waals surface area (Å²) in [6.07, 6.45) is 2.88. The molecule has 6 atom stereocenters. The minimum atomic E-state index is -1.23. The summed E-state index contributed by atoms with van der Waals surface area (Å²) >= 11 is 0. The number of ether oxygens (including phenoxy) is 1. The van der Waals surface area contributed by atoms with E-state index in [2.05, 4.69) is 0 Å². The van der Waals surface area contributed by atoms with Crippen molar-refractivity contribution in [1.82, 2.24) is 0 Å². The lowest BCUT2D eigenvalue weighted by molar-refractivity contribution is -0.209. The van der Waals surface area contributed by atoms with Crippen molar-refractivity contribution < 1.29 is 19.7 Å². The van der Waals surface area contributed by atoms with E-state index in [4.69, 9.17) is 4.74 Å². The Morgan fingerprint density at radius 2 is 2.16 bits per heavy atom. The molecule has 2 N–H and O–H groups in total. The van der Waals surface area contributed by atoms with E-state index in [1.165, 1.54) is 0 Å². The molecule has 6 unspecified atom stereocenters. The lowest BCUT2D eigenvalue weighted by Gasteiger charge is -2.57. The van der Waals surface area contributed by atoms with Gasteiger partial charge in [-0.3, -0.25) is 4.79 Å². The highest BCUT2D eigenvalue weighted by atomic mass is 16.6. The van der Waals surface area contributed by atoms with Crippen LogP contribution >= 0.6 is 0 Å². The molecule has 0 spiro atoms. The van der Waals surface area contributed by atoms with Crippen molar-refractivity contribution in [2.24, 2.45) is 17.3 Å². The van der Waals surface area contributed by atoms with Crippen LogP contribution in [0.4, 0.5) is 0 Å². The third kappa shape index (κ3) is 1.39. The normalized spacial score (nSPS) is 53.1. The van der Waals surface area contributed by atoms with Gasteiger partial charge in [0.25, 0.3) is 0 Å². The van der Waals surface area contributed by atoms with Gasteiger partial charge in [0, 0.05) is 11.3 Å². The van der Waals surface area contributed by atoms with Crippen LogP contribution in [-0.2, 0) is 9.53 Å². The maximum atomic E-state index is 11.8. The predicted octanol–water partition coefficient (Wildman–Crippen LogP) is 1.41. The molecule has 4 heteroatoms. The van der Waals surface area contributed by atoms with Crippen molar-refractivity contribution in [3.8, 4) is 0 Å². The van der Waals surface area contributed by atoms with Gasteiger partial charge in [0.2, 0.25) is 0 Å². The number of aliphatic hydroxyl groups excluding tert-OH is 1. The van der Waals surface area contributed by atoms with Crippen molar-refractivity contribution >= 4 is 5.97 Å². The summed E-state index contributed by atoms with van der Waals surface area (Å²) < 4.78 is 5.49. The maximum Gasteiger partial charge on any atom is 0.309 e. The molecule has 0 bridgehead atoms. The van der Waals surface area contributed by atoms with E-state index in [0.717, 1.165) is 18.4 Å². The van der Waals surface area contributed by atoms with Gasteiger partial charge < -0.3 is 14.9 Å². The largest absolute Gasteiger partial charge is 0.458 e. The fourth-order valence-corrected chi connectivity index (χ4v) is 4.33. The van der Waals surface area contributed by atoms with Gasteiger partial charge in [0.1, 0.15) is 11.7 Å². The minimum Gasteiger partial charge on any atom is -0.458 e. The topological polar surface area (TPSA) is 66.8 Å². The molecule has 2 aliphatic carbocycles.